The number of hydrogen-bond acceptors (Lipinski definition) is 6. The van der Waals surface area contributed by atoms with Crippen molar-refractivity contribution in [3.8, 4) is 0 Å². The van der Waals surface area contributed by atoms with E-state index in [0.717, 1.165) is 25.7 Å². The smallest absolute Gasteiger partial charge is 0.335 e. The molecule has 0 aliphatic heterocycles. The summed E-state index contributed by atoms with van der Waals surface area (Å²) < 4.78 is 0. The van der Waals surface area contributed by atoms with Crippen LogP contribution in [0.3, 0.4) is 0 Å². The van der Waals surface area contributed by atoms with Gasteiger partial charge < -0.3 is 30.8 Å². The Kier molecular flexibility index (Phi) is 15.1. The van der Waals surface area contributed by atoms with E-state index in [0.29, 0.717) is 6.54 Å². The van der Waals surface area contributed by atoms with Crippen LogP contribution in [0.5, 0.6) is 0 Å². The van der Waals surface area contributed by atoms with Crippen LogP contribution in [0.2, 0.25) is 0 Å². The number of aliphatic carboxylic acids is 1. The van der Waals surface area contributed by atoms with Crippen molar-refractivity contribution in [3.05, 3.63) is 0 Å². The Morgan fingerprint density at radius 3 is 1.56 bits per heavy atom. The number of amides is 1. The topological polar surface area (TPSA) is 147 Å². The van der Waals surface area contributed by atoms with Crippen molar-refractivity contribution in [2.75, 3.05) is 6.54 Å². The van der Waals surface area contributed by atoms with Crippen LogP contribution < -0.4 is 5.32 Å². The van der Waals surface area contributed by atoms with Crippen molar-refractivity contribution in [1.29, 1.82) is 0 Å². The van der Waals surface area contributed by atoms with Gasteiger partial charge in [-0.2, -0.15) is 0 Å². The van der Waals surface area contributed by atoms with Crippen LogP contribution in [0.4, 0.5) is 0 Å². The first-order valence-electron chi connectivity index (χ1n) is 10.1. The van der Waals surface area contributed by atoms with E-state index < -0.39 is 36.3 Å². The molecule has 1 amide bonds. The molecule has 0 spiro atoms. The molecule has 0 aliphatic rings. The molecule has 0 fully saturated rings. The van der Waals surface area contributed by atoms with E-state index in [1.165, 1.54) is 44.9 Å². The van der Waals surface area contributed by atoms with Crippen molar-refractivity contribution in [1.82, 2.24) is 5.32 Å². The molecule has 8 heteroatoms. The quantitative estimate of drug-likeness (QED) is 0.202. The predicted molar refractivity (Wildman–Crippen MR) is 101 cm³/mol. The van der Waals surface area contributed by atoms with Gasteiger partial charge in [0.05, 0.1) is 0 Å². The summed E-state index contributed by atoms with van der Waals surface area (Å²) in [6, 6.07) is 0. The largest absolute Gasteiger partial charge is 0.479 e. The van der Waals surface area contributed by atoms with Gasteiger partial charge in [0.15, 0.2) is 12.2 Å². The summed E-state index contributed by atoms with van der Waals surface area (Å²) in [7, 11) is 0. The van der Waals surface area contributed by atoms with E-state index >= 15 is 0 Å². The zero-order valence-electron chi connectivity index (χ0n) is 16.3. The molecule has 0 radical (unpaired) electrons. The molecule has 0 rings (SSSR count). The molecule has 8 nitrogen and oxygen atoms in total. The number of carbonyl (C=O) groups is 2. The van der Waals surface area contributed by atoms with E-state index in [4.69, 9.17) is 10.2 Å². The highest BCUT2D eigenvalue weighted by molar-refractivity contribution is 5.81. The van der Waals surface area contributed by atoms with Crippen LogP contribution in [0.15, 0.2) is 0 Å². The zero-order valence-corrected chi connectivity index (χ0v) is 16.3. The fourth-order valence-electron chi connectivity index (χ4n) is 2.78. The maximum absolute atomic E-state index is 11.7. The molecule has 0 aromatic heterocycles. The van der Waals surface area contributed by atoms with Crippen LogP contribution in [0, 0.1) is 0 Å². The minimum absolute atomic E-state index is 0.317. The average Bonchev–Trinajstić information content (AvgIpc) is 2.66. The van der Waals surface area contributed by atoms with Crippen molar-refractivity contribution in [2.24, 2.45) is 0 Å². The molecule has 0 heterocycles. The maximum Gasteiger partial charge on any atom is 0.335 e. The van der Waals surface area contributed by atoms with Crippen molar-refractivity contribution in [3.63, 3.8) is 0 Å². The number of carboxylic acids is 1. The molecule has 0 aromatic carbocycles. The van der Waals surface area contributed by atoms with Gasteiger partial charge in [0.2, 0.25) is 0 Å². The summed E-state index contributed by atoms with van der Waals surface area (Å²) in [6.45, 7) is 2.52. The van der Waals surface area contributed by atoms with Gasteiger partial charge in [0.1, 0.15) is 12.2 Å². The molecule has 160 valence electrons. The van der Waals surface area contributed by atoms with Crippen LogP contribution >= 0.6 is 0 Å². The number of unbranched alkanes of at least 4 members (excludes halogenated alkanes) is 10. The molecule has 6 N–H and O–H groups in total. The van der Waals surface area contributed by atoms with Gasteiger partial charge in [-0.05, 0) is 6.42 Å². The third kappa shape index (κ3) is 12.0. The van der Waals surface area contributed by atoms with E-state index in [1.54, 1.807) is 0 Å². The number of hydrogen-bond donors (Lipinski definition) is 6. The Balaban J connectivity index is 3.71. The Hall–Kier alpha value is -1.22. The SMILES string of the molecule is CCCCCCCCCCCCCNC(=O)[C@@H](O)[C@H](O)[C@@H](O)[C@@H](O)C(=O)O. The molecule has 27 heavy (non-hydrogen) atoms. The third-order valence-corrected chi connectivity index (χ3v) is 4.60. The van der Waals surface area contributed by atoms with Crippen molar-refractivity contribution >= 4 is 11.9 Å². The highest BCUT2D eigenvalue weighted by Gasteiger charge is 2.37. The fraction of sp³-hybridized carbons (Fsp3) is 0.895. The second kappa shape index (κ2) is 15.8. The summed E-state index contributed by atoms with van der Waals surface area (Å²) in [5.41, 5.74) is 0. The number of aliphatic hydroxyl groups is 4. The van der Waals surface area contributed by atoms with Gasteiger partial charge in [-0.1, -0.05) is 71.1 Å². The molecule has 0 bridgehead atoms. The van der Waals surface area contributed by atoms with Gasteiger partial charge in [0.25, 0.3) is 5.91 Å². The summed E-state index contributed by atoms with van der Waals surface area (Å²) in [6.07, 6.45) is 4.32. The van der Waals surface area contributed by atoms with Crippen molar-refractivity contribution in [2.45, 2.75) is 102 Å². The van der Waals surface area contributed by atoms with E-state index in [1.807, 2.05) is 0 Å². The first kappa shape index (κ1) is 25.8. The van der Waals surface area contributed by atoms with Gasteiger partial charge in [-0.3, -0.25) is 4.79 Å². The molecule has 0 unspecified atom stereocenters. The molecule has 4 atom stereocenters. The number of carboxylic acid groups (broad SMARTS) is 1. The lowest BCUT2D eigenvalue weighted by molar-refractivity contribution is -0.166. The normalized spacial score (nSPS) is 15.7. The number of carbonyl (C=O) groups excluding carboxylic acids is 1. The Morgan fingerprint density at radius 1 is 0.704 bits per heavy atom. The van der Waals surface area contributed by atoms with Crippen molar-refractivity contribution < 1.29 is 35.1 Å². The minimum Gasteiger partial charge on any atom is -0.479 e. The zero-order chi connectivity index (χ0) is 20.7. The van der Waals surface area contributed by atoms with Gasteiger partial charge >= 0.3 is 5.97 Å². The van der Waals surface area contributed by atoms with E-state index in [-0.39, 0.29) is 0 Å². The molecule has 0 saturated heterocycles. The van der Waals surface area contributed by atoms with E-state index in [9.17, 15) is 24.9 Å². The highest BCUT2D eigenvalue weighted by atomic mass is 16.4. The number of rotatable bonds is 17. The average molecular weight is 392 g/mol. The predicted octanol–water partition coefficient (Wildman–Crippen LogP) is 0.942. The first-order valence-corrected chi connectivity index (χ1v) is 10.1. The van der Waals surface area contributed by atoms with Crippen LogP contribution in [0.1, 0.15) is 77.6 Å². The molecule has 0 aliphatic carbocycles. The van der Waals surface area contributed by atoms with Gasteiger partial charge in [0, 0.05) is 6.54 Å². The van der Waals surface area contributed by atoms with Crippen LogP contribution in [-0.2, 0) is 9.59 Å². The minimum atomic E-state index is -2.28. The second-order valence-electron chi connectivity index (χ2n) is 7.04. The van der Waals surface area contributed by atoms with E-state index in [2.05, 4.69) is 12.2 Å². The Morgan fingerprint density at radius 2 is 1.11 bits per heavy atom. The summed E-state index contributed by atoms with van der Waals surface area (Å²) in [5.74, 6) is -2.67. The Labute approximate surface area is 161 Å². The highest BCUT2D eigenvalue weighted by Crippen LogP contribution is 2.11. The fourth-order valence-corrected chi connectivity index (χ4v) is 2.78. The summed E-state index contributed by atoms with van der Waals surface area (Å²) in [5, 5.41) is 48.8. The lowest BCUT2D eigenvalue weighted by atomic mass is 10.0. The van der Waals surface area contributed by atoms with Gasteiger partial charge in [-0.15, -0.1) is 0 Å². The summed E-state index contributed by atoms with van der Waals surface area (Å²) >= 11 is 0. The maximum atomic E-state index is 11.7. The molecule has 0 saturated carbocycles. The van der Waals surface area contributed by atoms with Crippen LogP contribution in [-0.4, -0.2) is 68.4 Å². The molecule has 0 aromatic rings. The molecular formula is C19H37NO7. The summed E-state index contributed by atoms with van der Waals surface area (Å²) in [4.78, 5) is 22.2. The lowest BCUT2D eigenvalue weighted by Gasteiger charge is -2.23. The number of nitrogens with one attached hydrogen (secondary N) is 1. The first-order chi connectivity index (χ1) is 12.8. The standard InChI is InChI=1S/C19H37NO7/c1-2-3-4-5-6-7-8-9-10-11-12-13-20-18(25)16(23)14(21)15(22)17(24)19(26)27/h14-17,21-24H,2-13H2,1H3,(H,20,25)(H,26,27)/t14-,15-,16+,17-/m1/s1. The second-order valence-corrected chi connectivity index (χ2v) is 7.04. The Bertz CT molecular complexity index is 406. The lowest BCUT2D eigenvalue weighted by Crippen LogP contribution is -2.52. The van der Waals surface area contributed by atoms with Crippen LogP contribution in [0.25, 0.3) is 0 Å². The third-order valence-electron chi connectivity index (χ3n) is 4.60. The number of aliphatic hydroxyl groups excluding tert-OH is 4. The monoisotopic (exact) mass is 391 g/mol. The molecular weight excluding hydrogens is 354 g/mol. The van der Waals surface area contributed by atoms with Gasteiger partial charge in [-0.25, -0.2) is 4.79 Å².